The van der Waals surface area contributed by atoms with E-state index in [0.717, 1.165) is 5.56 Å². The maximum absolute atomic E-state index is 6.14. The highest BCUT2D eigenvalue weighted by molar-refractivity contribution is 5.23. The Kier molecular flexibility index (Phi) is 4.87. The Morgan fingerprint density at radius 2 is 1.95 bits per heavy atom. The van der Waals surface area contributed by atoms with Gasteiger partial charge in [0, 0.05) is 6.61 Å². The highest BCUT2D eigenvalue weighted by Crippen LogP contribution is 2.25. The van der Waals surface area contributed by atoms with E-state index in [2.05, 4.69) is 24.0 Å². The van der Waals surface area contributed by atoms with Crippen LogP contribution in [0.4, 0.5) is 0 Å². The molecule has 0 bridgehead atoms. The quantitative estimate of drug-likeness (QED) is 0.877. The molecule has 2 aromatic rings. The summed E-state index contributed by atoms with van der Waals surface area (Å²) < 4.78 is 11.0. The second-order valence-electron chi connectivity index (χ2n) is 5.00. The number of rotatable bonds is 6. The maximum atomic E-state index is 6.14. The molecular weight excluding hydrogens is 254 g/mol. The van der Waals surface area contributed by atoms with Gasteiger partial charge in [0.2, 0.25) is 11.7 Å². The van der Waals surface area contributed by atoms with Crippen LogP contribution in [0.15, 0.2) is 34.9 Å². The first-order valence-corrected chi connectivity index (χ1v) is 6.89. The molecule has 5 nitrogen and oxygen atoms in total. The summed E-state index contributed by atoms with van der Waals surface area (Å²) in [5.74, 6) is 1.24. The molecule has 0 aliphatic heterocycles. The summed E-state index contributed by atoms with van der Waals surface area (Å²) in [5.41, 5.74) is 7.09. The summed E-state index contributed by atoms with van der Waals surface area (Å²) in [7, 11) is 0. The number of hydrogen-bond donors (Lipinski definition) is 1. The fraction of sp³-hybridized carbons (Fsp3) is 0.467. The van der Waals surface area contributed by atoms with E-state index in [4.69, 9.17) is 15.0 Å². The van der Waals surface area contributed by atoms with Crippen LogP contribution in [0.2, 0.25) is 0 Å². The van der Waals surface area contributed by atoms with Gasteiger partial charge in [-0.05, 0) is 18.4 Å². The third-order valence-corrected chi connectivity index (χ3v) is 3.09. The Balaban J connectivity index is 2.20. The maximum Gasteiger partial charge on any atom is 0.248 e. The van der Waals surface area contributed by atoms with Crippen molar-refractivity contribution in [3.05, 3.63) is 47.6 Å². The number of hydrogen-bond acceptors (Lipinski definition) is 5. The minimum absolute atomic E-state index is 0.166. The molecule has 0 fully saturated rings. The van der Waals surface area contributed by atoms with E-state index in [1.165, 1.54) is 0 Å². The van der Waals surface area contributed by atoms with Gasteiger partial charge in [0.25, 0.3) is 0 Å². The van der Waals surface area contributed by atoms with Gasteiger partial charge in [-0.3, -0.25) is 0 Å². The number of nitrogens with two attached hydrogens (primary N) is 1. The fourth-order valence-electron chi connectivity index (χ4n) is 2.04. The van der Waals surface area contributed by atoms with Crippen LogP contribution in [0.25, 0.3) is 0 Å². The van der Waals surface area contributed by atoms with E-state index in [1.807, 2.05) is 37.3 Å². The zero-order chi connectivity index (χ0) is 14.5. The van der Waals surface area contributed by atoms with Gasteiger partial charge in [0.05, 0.1) is 0 Å². The Morgan fingerprint density at radius 3 is 2.55 bits per heavy atom. The van der Waals surface area contributed by atoms with Crippen molar-refractivity contribution in [1.29, 1.82) is 0 Å². The molecule has 1 aromatic carbocycles. The summed E-state index contributed by atoms with van der Waals surface area (Å²) in [6.07, 6.45) is -0.166. The van der Waals surface area contributed by atoms with Crippen LogP contribution in [0, 0.1) is 5.92 Å². The fourth-order valence-corrected chi connectivity index (χ4v) is 2.04. The van der Waals surface area contributed by atoms with E-state index < -0.39 is 6.04 Å². The summed E-state index contributed by atoms with van der Waals surface area (Å²) >= 11 is 0. The van der Waals surface area contributed by atoms with Crippen molar-refractivity contribution >= 4 is 0 Å². The average Bonchev–Trinajstić information content (AvgIpc) is 2.94. The van der Waals surface area contributed by atoms with Crippen molar-refractivity contribution in [2.75, 3.05) is 6.61 Å². The highest BCUT2D eigenvalue weighted by atomic mass is 16.5. The molecule has 5 heteroatoms. The van der Waals surface area contributed by atoms with Crippen LogP contribution in [-0.4, -0.2) is 16.7 Å². The average molecular weight is 275 g/mol. The van der Waals surface area contributed by atoms with E-state index in [0.29, 0.717) is 18.3 Å². The lowest BCUT2D eigenvalue weighted by atomic mass is 10.1. The lowest BCUT2D eigenvalue weighted by molar-refractivity contribution is 0.0217. The molecule has 2 atom stereocenters. The normalized spacial score (nSPS) is 14.4. The zero-order valence-electron chi connectivity index (χ0n) is 12.1. The highest BCUT2D eigenvalue weighted by Gasteiger charge is 2.24. The van der Waals surface area contributed by atoms with Crippen molar-refractivity contribution in [2.24, 2.45) is 11.7 Å². The van der Waals surface area contributed by atoms with Gasteiger partial charge in [-0.25, -0.2) is 0 Å². The first kappa shape index (κ1) is 14.7. The molecule has 1 aromatic heterocycles. The molecule has 2 unspecified atom stereocenters. The molecule has 20 heavy (non-hydrogen) atoms. The van der Waals surface area contributed by atoms with Gasteiger partial charge in [0.1, 0.15) is 12.1 Å². The van der Waals surface area contributed by atoms with Crippen molar-refractivity contribution in [2.45, 2.75) is 32.9 Å². The topological polar surface area (TPSA) is 74.2 Å². The number of nitrogens with zero attached hydrogens (tertiary/aromatic N) is 2. The van der Waals surface area contributed by atoms with Crippen molar-refractivity contribution in [3.63, 3.8) is 0 Å². The van der Waals surface area contributed by atoms with Crippen LogP contribution < -0.4 is 5.73 Å². The second-order valence-corrected chi connectivity index (χ2v) is 5.00. The van der Waals surface area contributed by atoms with E-state index in [-0.39, 0.29) is 12.0 Å². The van der Waals surface area contributed by atoms with Crippen LogP contribution in [-0.2, 0) is 4.74 Å². The Labute approximate surface area is 119 Å². The molecule has 0 saturated heterocycles. The Bertz CT molecular complexity index is 525. The molecule has 108 valence electrons. The predicted molar refractivity (Wildman–Crippen MR) is 76.0 cm³/mol. The molecule has 1 heterocycles. The van der Waals surface area contributed by atoms with Crippen LogP contribution >= 0.6 is 0 Å². The van der Waals surface area contributed by atoms with Gasteiger partial charge < -0.3 is 15.0 Å². The minimum Gasteiger partial charge on any atom is -0.370 e. The molecule has 0 spiro atoms. The van der Waals surface area contributed by atoms with Crippen molar-refractivity contribution < 1.29 is 9.26 Å². The molecule has 0 aliphatic carbocycles. The van der Waals surface area contributed by atoms with Gasteiger partial charge in [-0.1, -0.05) is 49.3 Å². The monoisotopic (exact) mass is 275 g/mol. The smallest absolute Gasteiger partial charge is 0.248 e. The van der Waals surface area contributed by atoms with Crippen LogP contribution in [0.3, 0.4) is 0 Å². The summed E-state index contributed by atoms with van der Waals surface area (Å²) in [4.78, 5) is 4.40. The number of ether oxygens (including phenoxy) is 1. The lowest BCUT2D eigenvalue weighted by Crippen LogP contribution is -2.15. The standard InChI is InChI=1S/C15H21N3O2/c1-4-19-13(10(2)3)14-17-15(20-18-14)12(16)11-8-6-5-7-9-11/h5-10,12-13H,4,16H2,1-3H3. The third-order valence-electron chi connectivity index (χ3n) is 3.09. The number of benzene rings is 1. The SMILES string of the molecule is CCOC(c1noc(C(N)c2ccccc2)n1)C(C)C. The second kappa shape index (κ2) is 6.63. The lowest BCUT2D eigenvalue weighted by Gasteiger charge is -2.16. The third kappa shape index (κ3) is 3.23. The molecule has 0 saturated carbocycles. The largest absolute Gasteiger partial charge is 0.370 e. The first-order chi connectivity index (χ1) is 9.63. The van der Waals surface area contributed by atoms with Gasteiger partial charge >= 0.3 is 0 Å². The van der Waals surface area contributed by atoms with Gasteiger partial charge in [-0.2, -0.15) is 4.98 Å². The van der Waals surface area contributed by atoms with Crippen LogP contribution in [0.5, 0.6) is 0 Å². The molecule has 0 aliphatic rings. The van der Waals surface area contributed by atoms with E-state index >= 15 is 0 Å². The Morgan fingerprint density at radius 1 is 1.25 bits per heavy atom. The number of aromatic nitrogens is 2. The van der Waals surface area contributed by atoms with E-state index in [1.54, 1.807) is 0 Å². The zero-order valence-corrected chi connectivity index (χ0v) is 12.1. The minimum atomic E-state index is -0.410. The molecule has 0 radical (unpaired) electrons. The van der Waals surface area contributed by atoms with E-state index in [9.17, 15) is 0 Å². The molecule has 2 rings (SSSR count). The first-order valence-electron chi connectivity index (χ1n) is 6.89. The summed E-state index contributed by atoms with van der Waals surface area (Å²) in [6.45, 7) is 6.69. The van der Waals surface area contributed by atoms with Gasteiger partial charge in [0.15, 0.2) is 0 Å². The van der Waals surface area contributed by atoms with Crippen molar-refractivity contribution in [3.8, 4) is 0 Å². The molecular formula is C15H21N3O2. The predicted octanol–water partition coefficient (Wildman–Crippen LogP) is 2.85. The molecule has 2 N–H and O–H groups in total. The molecule has 0 amide bonds. The van der Waals surface area contributed by atoms with Crippen molar-refractivity contribution in [1.82, 2.24) is 10.1 Å². The summed E-state index contributed by atoms with van der Waals surface area (Å²) in [5, 5.41) is 4.01. The Hall–Kier alpha value is -1.72. The van der Waals surface area contributed by atoms with Gasteiger partial charge in [-0.15, -0.1) is 0 Å². The van der Waals surface area contributed by atoms with Crippen LogP contribution in [0.1, 0.15) is 50.2 Å². The summed E-state index contributed by atoms with van der Waals surface area (Å²) in [6, 6.07) is 9.28.